The number of esters is 1. The Bertz CT molecular complexity index is 274. The van der Waals surface area contributed by atoms with Gasteiger partial charge in [0.25, 0.3) is 0 Å². The van der Waals surface area contributed by atoms with Crippen molar-refractivity contribution in [2.75, 3.05) is 13.2 Å². The van der Waals surface area contributed by atoms with E-state index in [1.807, 2.05) is 18.7 Å². The van der Waals surface area contributed by atoms with E-state index in [1.54, 1.807) is 6.92 Å². The highest BCUT2D eigenvalue weighted by Crippen LogP contribution is 2.28. The first-order valence-corrected chi connectivity index (χ1v) is 6.56. The number of carbonyl (C=O) groups excluding carboxylic acids is 2. The van der Waals surface area contributed by atoms with Crippen LogP contribution in [0.3, 0.4) is 0 Å². The molecule has 4 heteroatoms. The molecule has 0 N–H and O–H groups in total. The van der Waals surface area contributed by atoms with Crippen molar-refractivity contribution < 1.29 is 14.3 Å². The number of hydrogen-bond donors (Lipinski definition) is 0. The molecule has 1 fully saturated rings. The minimum absolute atomic E-state index is 0.172. The molecular formula is C13H23NO3. The van der Waals surface area contributed by atoms with Gasteiger partial charge >= 0.3 is 5.97 Å². The van der Waals surface area contributed by atoms with E-state index in [2.05, 4.69) is 0 Å². The van der Waals surface area contributed by atoms with Crippen LogP contribution in [0, 0.1) is 5.92 Å². The Morgan fingerprint density at radius 1 is 1.35 bits per heavy atom. The van der Waals surface area contributed by atoms with Gasteiger partial charge in [0.05, 0.1) is 12.5 Å². The smallest absolute Gasteiger partial charge is 0.310 e. The van der Waals surface area contributed by atoms with Gasteiger partial charge in [0.1, 0.15) is 0 Å². The SMILES string of the molecule is CCCC(=O)N(CC(C)C(=O)OCC)C1CC1. The summed E-state index contributed by atoms with van der Waals surface area (Å²) in [5, 5.41) is 0. The second-order valence-corrected chi connectivity index (χ2v) is 4.68. The third kappa shape index (κ3) is 4.36. The molecule has 0 saturated heterocycles. The van der Waals surface area contributed by atoms with Gasteiger partial charge in [-0.15, -0.1) is 0 Å². The number of hydrogen-bond acceptors (Lipinski definition) is 3. The topological polar surface area (TPSA) is 46.6 Å². The second kappa shape index (κ2) is 6.62. The van der Waals surface area contributed by atoms with Crippen molar-refractivity contribution in [3.05, 3.63) is 0 Å². The quantitative estimate of drug-likeness (QED) is 0.640. The van der Waals surface area contributed by atoms with Gasteiger partial charge in [0, 0.05) is 19.0 Å². The zero-order valence-corrected chi connectivity index (χ0v) is 11.1. The molecule has 0 radical (unpaired) electrons. The molecule has 0 spiro atoms. The molecule has 0 aromatic carbocycles. The summed E-state index contributed by atoms with van der Waals surface area (Å²) in [7, 11) is 0. The molecule has 0 bridgehead atoms. The molecule has 0 aliphatic heterocycles. The summed E-state index contributed by atoms with van der Waals surface area (Å²) in [6, 6.07) is 0.367. The van der Waals surface area contributed by atoms with Crippen molar-refractivity contribution in [1.82, 2.24) is 4.90 Å². The van der Waals surface area contributed by atoms with Gasteiger partial charge in [-0.2, -0.15) is 0 Å². The van der Waals surface area contributed by atoms with E-state index in [1.165, 1.54) is 0 Å². The molecule has 1 aliphatic rings. The van der Waals surface area contributed by atoms with Crippen molar-refractivity contribution in [2.24, 2.45) is 5.92 Å². The van der Waals surface area contributed by atoms with Crippen LogP contribution in [0.4, 0.5) is 0 Å². The third-order valence-corrected chi connectivity index (χ3v) is 2.93. The van der Waals surface area contributed by atoms with E-state index in [0.717, 1.165) is 19.3 Å². The van der Waals surface area contributed by atoms with E-state index in [0.29, 0.717) is 25.6 Å². The van der Waals surface area contributed by atoms with Crippen LogP contribution < -0.4 is 0 Å². The lowest BCUT2D eigenvalue weighted by molar-refractivity contribution is -0.149. The van der Waals surface area contributed by atoms with Gasteiger partial charge in [0.2, 0.25) is 5.91 Å². The fraction of sp³-hybridized carbons (Fsp3) is 0.846. The molecule has 17 heavy (non-hydrogen) atoms. The summed E-state index contributed by atoms with van der Waals surface area (Å²) >= 11 is 0. The number of carbonyl (C=O) groups is 2. The lowest BCUT2D eigenvalue weighted by Crippen LogP contribution is -2.38. The Morgan fingerprint density at radius 2 is 2.00 bits per heavy atom. The minimum atomic E-state index is -0.226. The molecule has 1 amide bonds. The Hall–Kier alpha value is -1.06. The van der Waals surface area contributed by atoms with Gasteiger partial charge in [-0.25, -0.2) is 0 Å². The van der Waals surface area contributed by atoms with Crippen LogP contribution in [0.2, 0.25) is 0 Å². The summed E-state index contributed by atoms with van der Waals surface area (Å²) in [6.07, 6.45) is 3.58. The molecule has 4 nitrogen and oxygen atoms in total. The summed E-state index contributed by atoms with van der Waals surface area (Å²) in [6.45, 7) is 6.52. The van der Waals surface area contributed by atoms with Crippen LogP contribution in [-0.2, 0) is 14.3 Å². The maximum Gasteiger partial charge on any atom is 0.310 e. The highest BCUT2D eigenvalue weighted by atomic mass is 16.5. The van der Waals surface area contributed by atoms with Crippen molar-refractivity contribution in [2.45, 2.75) is 52.5 Å². The minimum Gasteiger partial charge on any atom is -0.466 e. The predicted molar refractivity (Wildman–Crippen MR) is 65.4 cm³/mol. The fourth-order valence-electron chi connectivity index (χ4n) is 1.85. The van der Waals surface area contributed by atoms with Gasteiger partial charge in [-0.05, 0) is 26.2 Å². The van der Waals surface area contributed by atoms with E-state index >= 15 is 0 Å². The summed E-state index contributed by atoms with van der Waals surface area (Å²) in [5.41, 5.74) is 0. The van der Waals surface area contributed by atoms with Crippen molar-refractivity contribution in [1.29, 1.82) is 0 Å². The summed E-state index contributed by atoms with van der Waals surface area (Å²) < 4.78 is 4.97. The molecule has 0 heterocycles. The lowest BCUT2D eigenvalue weighted by atomic mass is 10.1. The number of amides is 1. The van der Waals surface area contributed by atoms with Crippen LogP contribution in [0.25, 0.3) is 0 Å². The first kappa shape index (κ1) is 14.0. The molecule has 0 aromatic heterocycles. The van der Waals surface area contributed by atoms with Crippen LogP contribution in [0.15, 0.2) is 0 Å². The van der Waals surface area contributed by atoms with Crippen molar-refractivity contribution in [3.8, 4) is 0 Å². The van der Waals surface area contributed by atoms with Crippen LogP contribution in [0.1, 0.15) is 46.5 Å². The van der Waals surface area contributed by atoms with Crippen LogP contribution in [0.5, 0.6) is 0 Å². The molecule has 1 rings (SSSR count). The monoisotopic (exact) mass is 241 g/mol. The fourth-order valence-corrected chi connectivity index (χ4v) is 1.85. The summed E-state index contributed by atoms with van der Waals surface area (Å²) in [4.78, 5) is 25.3. The summed E-state index contributed by atoms with van der Waals surface area (Å²) in [5.74, 6) is -0.259. The number of ether oxygens (including phenoxy) is 1. The third-order valence-electron chi connectivity index (χ3n) is 2.93. The maximum absolute atomic E-state index is 11.9. The molecule has 98 valence electrons. The van der Waals surface area contributed by atoms with Gasteiger partial charge in [0.15, 0.2) is 0 Å². The predicted octanol–water partition coefficient (Wildman–Crippen LogP) is 1.98. The van der Waals surface area contributed by atoms with E-state index in [4.69, 9.17) is 4.74 Å². The van der Waals surface area contributed by atoms with Gasteiger partial charge < -0.3 is 9.64 Å². The zero-order chi connectivity index (χ0) is 12.8. The standard InChI is InChI=1S/C13H23NO3/c1-4-6-12(15)14(11-7-8-11)9-10(3)13(16)17-5-2/h10-11H,4-9H2,1-3H3. The average Bonchev–Trinajstić information content (AvgIpc) is 3.10. The Kier molecular flexibility index (Phi) is 5.45. The van der Waals surface area contributed by atoms with E-state index in [-0.39, 0.29) is 17.8 Å². The number of rotatable bonds is 7. The van der Waals surface area contributed by atoms with Crippen LogP contribution >= 0.6 is 0 Å². The van der Waals surface area contributed by atoms with E-state index < -0.39 is 0 Å². The molecule has 1 atom stereocenters. The molecular weight excluding hydrogens is 218 g/mol. The van der Waals surface area contributed by atoms with Crippen LogP contribution in [-0.4, -0.2) is 36.0 Å². The zero-order valence-electron chi connectivity index (χ0n) is 11.1. The number of nitrogens with zero attached hydrogens (tertiary/aromatic N) is 1. The largest absolute Gasteiger partial charge is 0.466 e. The molecule has 1 saturated carbocycles. The highest BCUT2D eigenvalue weighted by molar-refractivity contribution is 5.78. The normalized spacial score (nSPS) is 16.4. The first-order valence-electron chi connectivity index (χ1n) is 6.56. The van der Waals surface area contributed by atoms with Gasteiger partial charge in [-0.3, -0.25) is 9.59 Å². The highest BCUT2D eigenvalue weighted by Gasteiger charge is 2.34. The van der Waals surface area contributed by atoms with E-state index in [9.17, 15) is 9.59 Å². The Labute approximate surface area is 103 Å². The van der Waals surface area contributed by atoms with Gasteiger partial charge in [-0.1, -0.05) is 13.8 Å². The van der Waals surface area contributed by atoms with Crippen molar-refractivity contribution in [3.63, 3.8) is 0 Å². The molecule has 0 aromatic rings. The Balaban J connectivity index is 2.48. The lowest BCUT2D eigenvalue weighted by Gasteiger charge is -2.25. The second-order valence-electron chi connectivity index (χ2n) is 4.68. The molecule has 1 unspecified atom stereocenters. The molecule has 1 aliphatic carbocycles. The first-order chi connectivity index (χ1) is 8.10. The Morgan fingerprint density at radius 3 is 2.47 bits per heavy atom. The van der Waals surface area contributed by atoms with Crippen molar-refractivity contribution >= 4 is 11.9 Å². The maximum atomic E-state index is 11.9. The average molecular weight is 241 g/mol.